The fraction of sp³-hybridized carbons (Fsp3) is 0.348. The van der Waals surface area contributed by atoms with Crippen molar-refractivity contribution in [1.82, 2.24) is 0 Å². The summed E-state index contributed by atoms with van der Waals surface area (Å²) in [6.07, 6.45) is 7.16. The molecule has 1 rings (SSSR count). The van der Waals surface area contributed by atoms with Crippen molar-refractivity contribution in [3.8, 4) is 5.75 Å². The average Bonchev–Trinajstić information content (AvgIpc) is 2.62. The number of carboxylic acids is 1. The van der Waals surface area contributed by atoms with Crippen LogP contribution < -0.4 is 4.74 Å². The maximum absolute atomic E-state index is 14.2. The van der Waals surface area contributed by atoms with E-state index in [0.29, 0.717) is 0 Å². The number of benzene rings is 1. The van der Waals surface area contributed by atoms with Gasteiger partial charge in [-0.15, -0.1) is 0 Å². The molecule has 0 aromatic heterocycles. The van der Waals surface area contributed by atoms with E-state index in [1.165, 1.54) is 13.0 Å². The van der Waals surface area contributed by atoms with E-state index in [9.17, 15) is 9.18 Å². The van der Waals surface area contributed by atoms with Gasteiger partial charge >= 0.3 is 5.97 Å². The van der Waals surface area contributed by atoms with Gasteiger partial charge in [-0.25, -0.2) is 9.18 Å². The van der Waals surface area contributed by atoms with Gasteiger partial charge in [0.05, 0.1) is 7.11 Å². The zero-order valence-electron chi connectivity index (χ0n) is 17.2. The Kier molecular flexibility index (Phi) is 8.23. The van der Waals surface area contributed by atoms with E-state index in [4.69, 9.17) is 9.84 Å². The van der Waals surface area contributed by atoms with Crippen molar-refractivity contribution in [2.45, 2.75) is 48.0 Å². The van der Waals surface area contributed by atoms with Gasteiger partial charge in [0.2, 0.25) is 0 Å². The minimum atomic E-state index is -1.08. The summed E-state index contributed by atoms with van der Waals surface area (Å²) in [5.74, 6) is -0.749. The van der Waals surface area contributed by atoms with Gasteiger partial charge < -0.3 is 9.84 Å². The van der Waals surface area contributed by atoms with Crippen LogP contribution in [0.3, 0.4) is 0 Å². The molecule has 0 fully saturated rings. The highest BCUT2D eigenvalue weighted by molar-refractivity contribution is 5.88. The van der Waals surface area contributed by atoms with Gasteiger partial charge in [-0.3, -0.25) is 0 Å². The fourth-order valence-corrected chi connectivity index (χ4v) is 2.85. The molecule has 1 aromatic carbocycles. The van der Waals surface area contributed by atoms with Crippen LogP contribution in [0.2, 0.25) is 0 Å². The van der Waals surface area contributed by atoms with E-state index in [1.54, 1.807) is 20.1 Å². The second-order valence-corrected chi connectivity index (χ2v) is 6.58. The van der Waals surface area contributed by atoms with Crippen LogP contribution in [0, 0.1) is 20.8 Å². The summed E-state index contributed by atoms with van der Waals surface area (Å²) in [7, 11) is 1.66. The smallest absolute Gasteiger partial charge is 0.331 e. The number of hydrogen-bond acceptors (Lipinski definition) is 2. The number of ether oxygens (including phenoxy) is 1. The SMILES string of the molecule is CCC(C(=O)O)=C(C)C(F)=CC=C(C)C=Cc1c(C)cc(OC)c(C)c1C. The van der Waals surface area contributed by atoms with Crippen molar-refractivity contribution in [2.24, 2.45) is 0 Å². The molecule has 0 aliphatic rings. The summed E-state index contributed by atoms with van der Waals surface area (Å²) in [5, 5.41) is 9.10. The number of halogens is 1. The third-order valence-electron chi connectivity index (χ3n) is 4.76. The van der Waals surface area contributed by atoms with Gasteiger partial charge in [-0.1, -0.05) is 30.7 Å². The van der Waals surface area contributed by atoms with Crippen molar-refractivity contribution in [3.05, 3.63) is 69.1 Å². The van der Waals surface area contributed by atoms with Crippen molar-refractivity contribution in [2.75, 3.05) is 7.11 Å². The molecule has 3 nitrogen and oxygen atoms in total. The number of methoxy groups -OCH3 is 1. The molecule has 0 radical (unpaired) electrons. The molecule has 0 heterocycles. The van der Waals surface area contributed by atoms with E-state index in [-0.39, 0.29) is 17.6 Å². The molecule has 1 N–H and O–H groups in total. The number of carboxylic acid groups (broad SMARTS) is 1. The van der Waals surface area contributed by atoms with Crippen LogP contribution in [-0.4, -0.2) is 18.2 Å². The van der Waals surface area contributed by atoms with Gasteiger partial charge in [0.1, 0.15) is 11.6 Å². The molecule has 1 aromatic rings. The molecule has 0 atom stereocenters. The summed E-state index contributed by atoms with van der Waals surface area (Å²) in [4.78, 5) is 11.1. The molecule has 27 heavy (non-hydrogen) atoms. The number of hydrogen-bond donors (Lipinski definition) is 1. The van der Waals surface area contributed by atoms with E-state index >= 15 is 0 Å². The van der Waals surface area contributed by atoms with Crippen molar-refractivity contribution >= 4 is 12.0 Å². The van der Waals surface area contributed by atoms with Gasteiger partial charge in [-0.05, 0) is 81.0 Å². The molecule has 4 heteroatoms. The predicted octanol–water partition coefficient (Wildman–Crippen LogP) is 6.24. The van der Waals surface area contributed by atoms with Crippen molar-refractivity contribution in [1.29, 1.82) is 0 Å². The van der Waals surface area contributed by atoms with Gasteiger partial charge in [0.25, 0.3) is 0 Å². The van der Waals surface area contributed by atoms with E-state index in [0.717, 1.165) is 33.6 Å². The number of aliphatic carboxylic acids is 1. The maximum Gasteiger partial charge on any atom is 0.331 e. The molecule has 0 aliphatic heterocycles. The Hall–Kier alpha value is -2.62. The Morgan fingerprint density at radius 1 is 1.19 bits per heavy atom. The number of allylic oxidation sites excluding steroid dienone is 6. The van der Waals surface area contributed by atoms with E-state index in [2.05, 4.69) is 6.92 Å². The maximum atomic E-state index is 14.2. The molecule has 0 aliphatic carbocycles. The van der Waals surface area contributed by atoms with Crippen LogP contribution in [0.15, 0.2) is 46.8 Å². The first-order valence-corrected chi connectivity index (χ1v) is 8.94. The zero-order chi connectivity index (χ0) is 20.7. The third kappa shape index (κ3) is 5.68. The Bertz CT molecular complexity index is 840. The first-order valence-electron chi connectivity index (χ1n) is 8.94. The van der Waals surface area contributed by atoms with E-state index in [1.807, 2.05) is 39.0 Å². The summed E-state index contributed by atoms with van der Waals surface area (Å²) >= 11 is 0. The van der Waals surface area contributed by atoms with Crippen LogP contribution in [-0.2, 0) is 4.79 Å². The number of carbonyl (C=O) groups is 1. The Morgan fingerprint density at radius 3 is 2.33 bits per heavy atom. The first kappa shape index (κ1) is 22.4. The van der Waals surface area contributed by atoms with Crippen LogP contribution in [0.25, 0.3) is 6.08 Å². The quantitative estimate of drug-likeness (QED) is 0.455. The molecule has 146 valence electrons. The van der Waals surface area contributed by atoms with Gasteiger partial charge in [0, 0.05) is 5.57 Å². The van der Waals surface area contributed by atoms with Crippen molar-refractivity contribution in [3.63, 3.8) is 0 Å². The topological polar surface area (TPSA) is 46.5 Å². The normalized spacial score (nSPS) is 13.8. The van der Waals surface area contributed by atoms with Crippen molar-refractivity contribution < 1.29 is 19.0 Å². The Labute approximate surface area is 161 Å². The second kappa shape index (κ2) is 9.91. The lowest BCUT2D eigenvalue weighted by Crippen LogP contribution is -2.02. The highest BCUT2D eigenvalue weighted by Crippen LogP contribution is 2.28. The Balaban J connectivity index is 3.14. The molecular weight excluding hydrogens is 343 g/mol. The van der Waals surface area contributed by atoms with Crippen LogP contribution in [0.5, 0.6) is 5.75 Å². The third-order valence-corrected chi connectivity index (χ3v) is 4.76. The summed E-state index contributed by atoms with van der Waals surface area (Å²) in [5.41, 5.74) is 5.57. The summed E-state index contributed by atoms with van der Waals surface area (Å²) in [6, 6.07) is 2.01. The molecule has 0 unspecified atom stereocenters. The highest BCUT2D eigenvalue weighted by Gasteiger charge is 2.12. The van der Waals surface area contributed by atoms with Crippen LogP contribution in [0.1, 0.15) is 49.4 Å². The summed E-state index contributed by atoms with van der Waals surface area (Å²) < 4.78 is 19.6. The van der Waals surface area contributed by atoms with Crippen LogP contribution >= 0.6 is 0 Å². The molecular formula is C23H29FO3. The molecule has 0 saturated heterocycles. The van der Waals surface area contributed by atoms with Crippen LogP contribution in [0.4, 0.5) is 4.39 Å². The standard InChI is InChI=1S/C23H29FO3/c1-8-19(23(25)26)18(6)21(24)12-10-14(2)9-11-20-15(3)13-22(27-7)17(5)16(20)4/h9-13H,8H2,1-7H3,(H,25,26). The van der Waals surface area contributed by atoms with Gasteiger partial charge in [0.15, 0.2) is 0 Å². The highest BCUT2D eigenvalue weighted by atomic mass is 19.1. The number of aryl methyl sites for hydroxylation is 1. The monoisotopic (exact) mass is 372 g/mol. The lowest BCUT2D eigenvalue weighted by atomic mass is 9.96. The minimum Gasteiger partial charge on any atom is -0.496 e. The summed E-state index contributed by atoms with van der Waals surface area (Å²) in [6.45, 7) is 11.2. The average molecular weight is 372 g/mol. The number of rotatable bonds is 7. The Morgan fingerprint density at radius 2 is 1.81 bits per heavy atom. The van der Waals surface area contributed by atoms with E-state index < -0.39 is 11.8 Å². The lowest BCUT2D eigenvalue weighted by molar-refractivity contribution is -0.132. The minimum absolute atomic E-state index is 0.0882. The zero-order valence-corrected chi connectivity index (χ0v) is 17.2. The fourth-order valence-electron chi connectivity index (χ4n) is 2.85. The lowest BCUT2D eigenvalue weighted by Gasteiger charge is -2.13. The second-order valence-electron chi connectivity index (χ2n) is 6.58. The first-order chi connectivity index (χ1) is 12.6. The van der Waals surface area contributed by atoms with Gasteiger partial charge in [-0.2, -0.15) is 0 Å². The molecule has 0 spiro atoms. The molecule has 0 bridgehead atoms. The largest absolute Gasteiger partial charge is 0.496 e. The molecule has 0 amide bonds. The molecule has 0 saturated carbocycles. The predicted molar refractivity (Wildman–Crippen MR) is 110 cm³/mol.